The molecule has 0 aromatic heterocycles. The Bertz CT molecular complexity index is 567. The summed E-state index contributed by atoms with van der Waals surface area (Å²) in [5.74, 6) is 3.31. The first-order valence-electron chi connectivity index (χ1n) is 9.61. The van der Waals surface area contributed by atoms with Crippen LogP contribution >= 0.6 is 11.8 Å². The molecule has 1 unspecified atom stereocenters. The molecule has 2 aliphatic rings. The van der Waals surface area contributed by atoms with E-state index in [1.54, 1.807) is 0 Å². The molecule has 26 heavy (non-hydrogen) atoms. The predicted octanol–water partition coefficient (Wildman–Crippen LogP) is 2.34. The van der Waals surface area contributed by atoms with E-state index in [9.17, 15) is 4.79 Å². The fourth-order valence-corrected chi connectivity index (χ4v) is 5.14. The first kappa shape index (κ1) is 19.5. The Morgan fingerprint density at radius 2 is 2.08 bits per heavy atom. The van der Waals surface area contributed by atoms with Crippen LogP contribution in [0.1, 0.15) is 25.3 Å². The van der Waals surface area contributed by atoms with Gasteiger partial charge in [-0.25, -0.2) is 0 Å². The molecule has 2 saturated heterocycles. The summed E-state index contributed by atoms with van der Waals surface area (Å²) in [6.07, 6.45) is 2.44. The van der Waals surface area contributed by atoms with Crippen molar-refractivity contribution in [1.82, 2.24) is 10.2 Å². The Balaban J connectivity index is 1.46. The van der Waals surface area contributed by atoms with Gasteiger partial charge in [-0.05, 0) is 43.2 Å². The van der Waals surface area contributed by atoms with E-state index in [-0.39, 0.29) is 11.4 Å². The van der Waals surface area contributed by atoms with E-state index in [0.717, 1.165) is 57.2 Å². The van der Waals surface area contributed by atoms with Crippen molar-refractivity contribution in [2.45, 2.75) is 31.7 Å². The molecule has 1 amide bonds. The topological polar surface area (TPSA) is 50.8 Å². The monoisotopic (exact) mass is 378 g/mol. The Morgan fingerprint density at radius 1 is 1.31 bits per heavy atom. The van der Waals surface area contributed by atoms with Crippen molar-refractivity contribution in [1.29, 1.82) is 0 Å². The summed E-state index contributed by atoms with van der Waals surface area (Å²) in [7, 11) is 0. The smallest absolute Gasteiger partial charge is 0.220 e. The summed E-state index contributed by atoms with van der Waals surface area (Å²) in [6.45, 7) is 6.96. The normalized spacial score (nSPS) is 23.7. The predicted molar refractivity (Wildman–Crippen MR) is 106 cm³/mol. The van der Waals surface area contributed by atoms with Gasteiger partial charge >= 0.3 is 0 Å². The van der Waals surface area contributed by atoms with Gasteiger partial charge in [-0.2, -0.15) is 11.8 Å². The van der Waals surface area contributed by atoms with Crippen LogP contribution < -0.4 is 10.1 Å². The maximum absolute atomic E-state index is 12.4. The number of hydrogen-bond acceptors (Lipinski definition) is 5. The zero-order chi connectivity index (χ0) is 18.2. The number of benzene rings is 1. The fourth-order valence-electron chi connectivity index (χ4n) is 3.66. The van der Waals surface area contributed by atoms with Gasteiger partial charge in [0.15, 0.2) is 0 Å². The van der Waals surface area contributed by atoms with E-state index in [4.69, 9.17) is 9.47 Å². The van der Waals surface area contributed by atoms with Crippen LogP contribution in [0.15, 0.2) is 24.3 Å². The molecule has 1 atom stereocenters. The summed E-state index contributed by atoms with van der Waals surface area (Å²) in [6, 6.07) is 8.03. The van der Waals surface area contributed by atoms with Crippen LogP contribution in [0.3, 0.4) is 0 Å². The first-order chi connectivity index (χ1) is 12.7. The Kier molecular flexibility index (Phi) is 7.23. The fraction of sp³-hybridized carbons (Fsp3) is 0.650. The molecule has 1 aromatic rings. The first-order valence-corrected chi connectivity index (χ1v) is 10.8. The van der Waals surface area contributed by atoms with Gasteiger partial charge in [-0.3, -0.25) is 9.69 Å². The van der Waals surface area contributed by atoms with Crippen molar-refractivity contribution in [3.63, 3.8) is 0 Å². The number of nitrogens with one attached hydrogen (secondary N) is 1. The minimum atomic E-state index is 0.114. The maximum Gasteiger partial charge on any atom is 0.220 e. The highest BCUT2D eigenvalue weighted by atomic mass is 32.2. The largest absolute Gasteiger partial charge is 0.494 e. The number of ether oxygens (including phenoxy) is 2. The summed E-state index contributed by atoms with van der Waals surface area (Å²) in [5, 5.41) is 3.21. The number of thioether (sulfide) groups is 1. The Morgan fingerprint density at radius 3 is 2.73 bits per heavy atom. The van der Waals surface area contributed by atoms with Crippen molar-refractivity contribution in [3.8, 4) is 5.75 Å². The van der Waals surface area contributed by atoms with E-state index in [2.05, 4.69) is 10.2 Å². The Hall–Kier alpha value is -1.24. The van der Waals surface area contributed by atoms with E-state index in [0.29, 0.717) is 13.0 Å². The van der Waals surface area contributed by atoms with Gasteiger partial charge < -0.3 is 14.8 Å². The molecule has 2 fully saturated rings. The van der Waals surface area contributed by atoms with E-state index in [1.165, 1.54) is 11.3 Å². The number of aryl methyl sites for hydroxylation is 1. The lowest BCUT2D eigenvalue weighted by molar-refractivity contribution is -0.121. The van der Waals surface area contributed by atoms with Crippen molar-refractivity contribution >= 4 is 17.7 Å². The molecule has 0 spiro atoms. The molecule has 2 aliphatic heterocycles. The molecule has 0 bridgehead atoms. The molecule has 6 heteroatoms. The lowest BCUT2D eigenvalue weighted by Gasteiger charge is -2.43. The minimum absolute atomic E-state index is 0.114. The van der Waals surface area contributed by atoms with E-state index < -0.39 is 0 Å². The molecule has 0 aliphatic carbocycles. The average molecular weight is 379 g/mol. The lowest BCUT2D eigenvalue weighted by Crippen LogP contribution is -2.59. The second kappa shape index (κ2) is 9.62. The molecule has 0 radical (unpaired) electrons. The van der Waals surface area contributed by atoms with Gasteiger partial charge in [0.1, 0.15) is 5.75 Å². The number of morpholine rings is 1. The molecule has 5 nitrogen and oxygen atoms in total. The molecule has 2 heterocycles. The third-order valence-corrected chi connectivity index (χ3v) is 6.49. The average Bonchev–Trinajstić information content (AvgIpc) is 3.17. The minimum Gasteiger partial charge on any atom is -0.494 e. The van der Waals surface area contributed by atoms with Gasteiger partial charge in [0.2, 0.25) is 5.91 Å². The number of carbonyl (C=O) groups excluding carboxylic acids is 1. The highest BCUT2D eigenvalue weighted by Crippen LogP contribution is 2.33. The van der Waals surface area contributed by atoms with Gasteiger partial charge in [-0.1, -0.05) is 12.1 Å². The van der Waals surface area contributed by atoms with Crippen LogP contribution in [-0.4, -0.2) is 67.3 Å². The lowest BCUT2D eigenvalue weighted by atomic mass is 9.95. The van der Waals surface area contributed by atoms with Gasteiger partial charge in [-0.15, -0.1) is 0 Å². The molecular weight excluding hydrogens is 348 g/mol. The molecule has 0 saturated carbocycles. The zero-order valence-corrected chi connectivity index (χ0v) is 16.5. The van der Waals surface area contributed by atoms with Crippen LogP contribution in [-0.2, 0) is 16.0 Å². The summed E-state index contributed by atoms with van der Waals surface area (Å²) < 4.78 is 11.0. The van der Waals surface area contributed by atoms with Crippen LogP contribution in [0.5, 0.6) is 5.75 Å². The van der Waals surface area contributed by atoms with Crippen molar-refractivity contribution in [2.75, 3.05) is 51.0 Å². The second-order valence-electron chi connectivity index (χ2n) is 6.98. The van der Waals surface area contributed by atoms with Gasteiger partial charge in [0, 0.05) is 37.3 Å². The summed E-state index contributed by atoms with van der Waals surface area (Å²) in [4.78, 5) is 14.9. The number of amides is 1. The SMILES string of the molecule is CCOc1ccc(CCC(=O)NCC2(N3CCOCC3)CCSC2)cc1. The zero-order valence-electron chi connectivity index (χ0n) is 15.7. The van der Waals surface area contributed by atoms with Crippen LogP contribution in [0, 0.1) is 0 Å². The Labute approximate surface area is 160 Å². The number of nitrogens with zero attached hydrogens (tertiary/aromatic N) is 1. The molecule has 1 aromatic carbocycles. The number of rotatable bonds is 8. The van der Waals surface area contributed by atoms with Gasteiger partial charge in [0.05, 0.1) is 19.8 Å². The second-order valence-corrected chi connectivity index (χ2v) is 8.09. The summed E-state index contributed by atoms with van der Waals surface area (Å²) >= 11 is 2.00. The van der Waals surface area contributed by atoms with Crippen LogP contribution in [0.25, 0.3) is 0 Å². The highest BCUT2D eigenvalue weighted by Gasteiger charge is 2.40. The van der Waals surface area contributed by atoms with E-state index in [1.807, 2.05) is 43.0 Å². The number of hydrogen-bond donors (Lipinski definition) is 1. The summed E-state index contributed by atoms with van der Waals surface area (Å²) in [5.41, 5.74) is 1.28. The van der Waals surface area contributed by atoms with E-state index >= 15 is 0 Å². The molecular formula is C20H30N2O3S. The third-order valence-electron chi connectivity index (χ3n) is 5.25. The molecule has 144 valence electrons. The van der Waals surface area contributed by atoms with Crippen LogP contribution in [0.2, 0.25) is 0 Å². The quantitative estimate of drug-likeness (QED) is 0.752. The molecule has 1 N–H and O–H groups in total. The standard InChI is InChI=1S/C20H30N2O3S/c1-2-25-18-6-3-17(4-7-18)5-8-19(23)21-15-20(9-14-26-16-20)22-10-12-24-13-11-22/h3-4,6-7H,2,5,8-16H2,1H3,(H,21,23). The van der Waals surface area contributed by atoms with Crippen molar-refractivity contribution < 1.29 is 14.3 Å². The van der Waals surface area contributed by atoms with Gasteiger partial charge in [0.25, 0.3) is 0 Å². The molecule has 3 rings (SSSR count). The van der Waals surface area contributed by atoms with Crippen LogP contribution in [0.4, 0.5) is 0 Å². The maximum atomic E-state index is 12.4. The van der Waals surface area contributed by atoms with Crippen molar-refractivity contribution in [3.05, 3.63) is 29.8 Å². The third kappa shape index (κ3) is 5.15. The highest BCUT2D eigenvalue weighted by molar-refractivity contribution is 7.99. The van der Waals surface area contributed by atoms with Crippen molar-refractivity contribution in [2.24, 2.45) is 0 Å². The number of carbonyl (C=O) groups is 1.